The van der Waals surface area contributed by atoms with E-state index >= 15 is 0 Å². The van der Waals surface area contributed by atoms with Crippen LogP contribution in [0.25, 0.3) is 0 Å². The van der Waals surface area contributed by atoms with Gasteiger partial charge < -0.3 is 9.80 Å². The van der Waals surface area contributed by atoms with Crippen molar-refractivity contribution in [3.8, 4) is 0 Å². The van der Waals surface area contributed by atoms with Gasteiger partial charge in [-0.3, -0.25) is 14.5 Å². The van der Waals surface area contributed by atoms with E-state index in [1.54, 1.807) is 16.7 Å². The first kappa shape index (κ1) is 24.9. The molecule has 0 unspecified atom stereocenters. The van der Waals surface area contributed by atoms with Gasteiger partial charge >= 0.3 is 0 Å². The van der Waals surface area contributed by atoms with Gasteiger partial charge in [0, 0.05) is 36.5 Å². The lowest BCUT2D eigenvalue weighted by molar-refractivity contribution is -0.116. The zero-order valence-corrected chi connectivity index (χ0v) is 22.5. The number of piperazine rings is 1. The Morgan fingerprint density at radius 2 is 1.47 bits per heavy atom. The van der Waals surface area contributed by atoms with Crippen LogP contribution in [0.4, 0.5) is 5.69 Å². The van der Waals surface area contributed by atoms with Crippen molar-refractivity contribution in [2.75, 3.05) is 36.8 Å². The fourth-order valence-electron chi connectivity index (χ4n) is 5.17. The Kier molecular flexibility index (Phi) is 7.27. The normalized spacial score (nSPS) is 16.1. The first-order valence-corrected chi connectivity index (χ1v) is 14.6. The van der Waals surface area contributed by atoms with Crippen molar-refractivity contribution in [3.05, 3.63) is 112 Å². The van der Waals surface area contributed by atoms with E-state index < -0.39 is 0 Å². The third-order valence-electron chi connectivity index (χ3n) is 7.07. The summed E-state index contributed by atoms with van der Waals surface area (Å²) in [5.41, 5.74) is 3.90. The standard InChI is InChI=1S/C30H28N4O2S2/c35-28-21-37-26-14-8-7-13-25(26)34(28)19-27-31-24(20-38-27)30(36)33-17-15-32(16-18-33)29(22-9-3-1-4-10-22)23-11-5-2-6-12-23/h1-14,20,29H,15-19,21H2. The number of rotatable bonds is 6. The van der Waals surface area contributed by atoms with Gasteiger partial charge in [-0.1, -0.05) is 72.8 Å². The molecule has 192 valence electrons. The predicted octanol–water partition coefficient (Wildman–Crippen LogP) is 5.33. The summed E-state index contributed by atoms with van der Waals surface area (Å²) in [4.78, 5) is 37.9. The molecule has 4 aromatic rings. The second-order valence-corrected chi connectivity index (χ2v) is 11.4. The van der Waals surface area contributed by atoms with Crippen molar-refractivity contribution >= 4 is 40.6 Å². The van der Waals surface area contributed by atoms with Crippen LogP contribution in [0.3, 0.4) is 0 Å². The Morgan fingerprint density at radius 1 is 0.842 bits per heavy atom. The number of hydrogen-bond acceptors (Lipinski definition) is 6. The number of hydrogen-bond donors (Lipinski definition) is 0. The molecule has 38 heavy (non-hydrogen) atoms. The molecule has 1 saturated heterocycles. The van der Waals surface area contributed by atoms with Crippen LogP contribution in [0.5, 0.6) is 0 Å². The molecule has 6 rings (SSSR count). The Morgan fingerprint density at radius 3 is 2.16 bits per heavy atom. The molecule has 2 aliphatic heterocycles. The average molecular weight is 541 g/mol. The number of thiazole rings is 1. The molecule has 0 N–H and O–H groups in total. The number of aromatic nitrogens is 1. The summed E-state index contributed by atoms with van der Waals surface area (Å²) in [6.07, 6.45) is 0. The largest absolute Gasteiger partial charge is 0.335 e. The fraction of sp³-hybridized carbons (Fsp3) is 0.233. The van der Waals surface area contributed by atoms with Gasteiger partial charge in [-0.25, -0.2) is 4.98 Å². The molecule has 0 radical (unpaired) electrons. The van der Waals surface area contributed by atoms with Gasteiger partial charge in [-0.05, 0) is 23.3 Å². The smallest absolute Gasteiger partial charge is 0.273 e. The minimum atomic E-state index is -0.0379. The van der Waals surface area contributed by atoms with Crippen LogP contribution in [-0.2, 0) is 11.3 Å². The van der Waals surface area contributed by atoms with Gasteiger partial charge in [0.1, 0.15) is 10.7 Å². The molecule has 2 aliphatic rings. The van der Waals surface area contributed by atoms with E-state index in [9.17, 15) is 9.59 Å². The first-order chi connectivity index (χ1) is 18.7. The second-order valence-electron chi connectivity index (χ2n) is 9.41. The number of carbonyl (C=O) groups excluding carboxylic acids is 2. The van der Waals surface area contributed by atoms with Crippen molar-refractivity contribution < 1.29 is 9.59 Å². The fourth-order valence-corrected chi connectivity index (χ4v) is 6.87. The number of para-hydroxylation sites is 1. The number of fused-ring (bicyclic) bond motifs is 1. The monoisotopic (exact) mass is 540 g/mol. The molecule has 3 heterocycles. The quantitative estimate of drug-likeness (QED) is 0.331. The van der Waals surface area contributed by atoms with Crippen molar-refractivity contribution in [2.45, 2.75) is 17.5 Å². The van der Waals surface area contributed by atoms with Crippen molar-refractivity contribution in [1.82, 2.24) is 14.8 Å². The molecule has 3 aromatic carbocycles. The number of carbonyl (C=O) groups is 2. The molecule has 8 heteroatoms. The van der Waals surface area contributed by atoms with E-state index in [4.69, 9.17) is 0 Å². The summed E-state index contributed by atoms with van der Waals surface area (Å²) < 4.78 is 0. The highest BCUT2D eigenvalue weighted by atomic mass is 32.2. The van der Waals surface area contributed by atoms with Gasteiger partial charge in [-0.2, -0.15) is 0 Å². The van der Waals surface area contributed by atoms with E-state index in [1.165, 1.54) is 22.5 Å². The van der Waals surface area contributed by atoms with Crippen LogP contribution in [0.2, 0.25) is 0 Å². The Bertz CT molecular complexity index is 1380. The Balaban J connectivity index is 1.13. The van der Waals surface area contributed by atoms with Crippen LogP contribution in [0.15, 0.2) is 95.2 Å². The summed E-state index contributed by atoms with van der Waals surface area (Å²) in [6, 6.07) is 29.2. The zero-order chi connectivity index (χ0) is 25.9. The van der Waals surface area contributed by atoms with Gasteiger partial charge in [0.25, 0.3) is 5.91 Å². The van der Waals surface area contributed by atoms with E-state index in [0.29, 0.717) is 31.1 Å². The molecule has 1 fully saturated rings. The molecule has 0 bridgehead atoms. The second kappa shape index (κ2) is 11.1. The third-order valence-corrected chi connectivity index (χ3v) is 8.95. The number of amides is 2. The highest BCUT2D eigenvalue weighted by Crippen LogP contribution is 2.36. The molecule has 2 amide bonds. The number of benzene rings is 3. The van der Waals surface area contributed by atoms with Crippen LogP contribution < -0.4 is 4.90 Å². The maximum absolute atomic E-state index is 13.4. The van der Waals surface area contributed by atoms with Gasteiger partial charge in [-0.15, -0.1) is 23.1 Å². The summed E-state index contributed by atoms with van der Waals surface area (Å²) in [5, 5.41) is 2.60. The Labute approximate surface area is 230 Å². The summed E-state index contributed by atoms with van der Waals surface area (Å²) in [7, 11) is 0. The van der Waals surface area contributed by atoms with Crippen LogP contribution in [-0.4, -0.2) is 58.5 Å². The van der Waals surface area contributed by atoms with E-state index in [1.807, 2.05) is 46.7 Å². The summed E-state index contributed by atoms with van der Waals surface area (Å²) in [6.45, 7) is 3.26. The Hall–Kier alpha value is -3.46. The van der Waals surface area contributed by atoms with E-state index in [2.05, 4.69) is 58.4 Å². The van der Waals surface area contributed by atoms with Crippen molar-refractivity contribution in [1.29, 1.82) is 0 Å². The third kappa shape index (κ3) is 5.12. The maximum Gasteiger partial charge on any atom is 0.273 e. The molecule has 0 aliphatic carbocycles. The first-order valence-electron chi connectivity index (χ1n) is 12.8. The lowest BCUT2D eigenvalue weighted by atomic mass is 9.96. The number of anilines is 1. The molecule has 0 saturated carbocycles. The number of nitrogens with zero attached hydrogens (tertiary/aromatic N) is 4. The molecule has 0 atom stereocenters. The average Bonchev–Trinajstić information content (AvgIpc) is 3.45. The summed E-state index contributed by atoms with van der Waals surface area (Å²) in [5.74, 6) is 0.453. The van der Waals surface area contributed by atoms with E-state index in [-0.39, 0.29) is 17.9 Å². The maximum atomic E-state index is 13.4. The van der Waals surface area contributed by atoms with Crippen LogP contribution >= 0.6 is 23.1 Å². The lowest BCUT2D eigenvalue weighted by Gasteiger charge is -2.39. The van der Waals surface area contributed by atoms with Crippen molar-refractivity contribution in [3.63, 3.8) is 0 Å². The van der Waals surface area contributed by atoms with Crippen LogP contribution in [0.1, 0.15) is 32.7 Å². The minimum Gasteiger partial charge on any atom is -0.335 e. The highest BCUT2D eigenvalue weighted by molar-refractivity contribution is 8.00. The topological polar surface area (TPSA) is 56.8 Å². The highest BCUT2D eigenvalue weighted by Gasteiger charge is 2.30. The van der Waals surface area contributed by atoms with Crippen LogP contribution in [0, 0.1) is 0 Å². The minimum absolute atomic E-state index is 0.0379. The predicted molar refractivity (Wildman–Crippen MR) is 153 cm³/mol. The van der Waals surface area contributed by atoms with Gasteiger partial charge in [0.15, 0.2) is 0 Å². The number of thioether (sulfide) groups is 1. The van der Waals surface area contributed by atoms with E-state index in [0.717, 1.165) is 28.7 Å². The molecule has 6 nitrogen and oxygen atoms in total. The van der Waals surface area contributed by atoms with Gasteiger partial charge in [0.05, 0.1) is 24.0 Å². The van der Waals surface area contributed by atoms with Crippen molar-refractivity contribution in [2.24, 2.45) is 0 Å². The summed E-state index contributed by atoms with van der Waals surface area (Å²) >= 11 is 3.01. The molecular formula is C30H28N4O2S2. The molecule has 0 spiro atoms. The molecular weight excluding hydrogens is 512 g/mol. The van der Waals surface area contributed by atoms with Gasteiger partial charge in [0.2, 0.25) is 5.91 Å². The zero-order valence-electron chi connectivity index (χ0n) is 20.9. The lowest BCUT2D eigenvalue weighted by Crippen LogP contribution is -2.50. The SMILES string of the molecule is O=C(c1csc(CN2C(=O)CSc3ccccc32)n1)N1CCN(C(c2ccccc2)c2ccccc2)CC1. The molecule has 1 aromatic heterocycles.